The van der Waals surface area contributed by atoms with E-state index in [4.69, 9.17) is 16.3 Å². The van der Waals surface area contributed by atoms with Gasteiger partial charge in [-0.05, 0) is 59.6 Å². The summed E-state index contributed by atoms with van der Waals surface area (Å²) < 4.78 is 5.82. The SMILES string of the molecule is Cc1c(Cl)cccc1NC(=O)[C@@H](C)OC(=O)c1ccccc1Br. The molecule has 0 aliphatic rings. The summed E-state index contributed by atoms with van der Waals surface area (Å²) >= 11 is 9.30. The normalized spacial score (nSPS) is 11.7. The summed E-state index contributed by atoms with van der Waals surface area (Å²) in [6.07, 6.45) is -0.937. The van der Waals surface area contributed by atoms with Crippen molar-refractivity contribution in [1.82, 2.24) is 0 Å². The number of nitrogens with one attached hydrogen (secondary N) is 1. The maximum Gasteiger partial charge on any atom is 0.340 e. The quantitative estimate of drug-likeness (QED) is 0.769. The molecule has 0 radical (unpaired) electrons. The van der Waals surface area contributed by atoms with E-state index >= 15 is 0 Å². The number of amides is 1. The van der Waals surface area contributed by atoms with Gasteiger partial charge in [-0.15, -0.1) is 0 Å². The summed E-state index contributed by atoms with van der Waals surface area (Å²) in [5.41, 5.74) is 1.71. The first-order valence-corrected chi connectivity index (χ1v) is 8.08. The van der Waals surface area contributed by atoms with Gasteiger partial charge in [-0.25, -0.2) is 4.79 Å². The molecule has 2 aromatic carbocycles. The standard InChI is InChI=1S/C17H15BrClNO3/c1-10-14(19)8-5-9-15(10)20-16(21)11(2)23-17(22)12-6-3-4-7-13(12)18/h3-9,11H,1-2H3,(H,20,21)/t11-/m1/s1. The van der Waals surface area contributed by atoms with E-state index in [1.165, 1.54) is 6.92 Å². The molecule has 0 fully saturated rings. The maximum atomic E-state index is 12.2. The van der Waals surface area contributed by atoms with Gasteiger partial charge in [-0.2, -0.15) is 0 Å². The fourth-order valence-electron chi connectivity index (χ4n) is 1.88. The Labute approximate surface area is 147 Å². The van der Waals surface area contributed by atoms with Crippen LogP contribution in [-0.4, -0.2) is 18.0 Å². The van der Waals surface area contributed by atoms with Crippen molar-refractivity contribution in [1.29, 1.82) is 0 Å². The molecule has 1 atom stereocenters. The number of carbonyl (C=O) groups is 2. The van der Waals surface area contributed by atoms with E-state index in [0.717, 1.165) is 5.56 Å². The van der Waals surface area contributed by atoms with E-state index in [1.54, 1.807) is 49.4 Å². The maximum absolute atomic E-state index is 12.2. The van der Waals surface area contributed by atoms with Crippen molar-refractivity contribution >= 4 is 45.1 Å². The van der Waals surface area contributed by atoms with Crippen LogP contribution in [0.15, 0.2) is 46.9 Å². The first-order valence-electron chi connectivity index (χ1n) is 6.91. The highest BCUT2D eigenvalue weighted by molar-refractivity contribution is 9.10. The van der Waals surface area contributed by atoms with Crippen LogP contribution in [-0.2, 0) is 9.53 Å². The Balaban J connectivity index is 2.04. The van der Waals surface area contributed by atoms with Gasteiger partial charge in [0.05, 0.1) is 5.56 Å². The Morgan fingerprint density at radius 2 is 1.87 bits per heavy atom. The lowest BCUT2D eigenvalue weighted by atomic mass is 10.2. The lowest BCUT2D eigenvalue weighted by Gasteiger charge is -2.15. The van der Waals surface area contributed by atoms with Crippen LogP contribution < -0.4 is 5.32 Å². The predicted molar refractivity (Wildman–Crippen MR) is 93.8 cm³/mol. The van der Waals surface area contributed by atoms with Gasteiger partial charge in [0.1, 0.15) is 0 Å². The number of esters is 1. The summed E-state index contributed by atoms with van der Waals surface area (Å²) in [6.45, 7) is 3.32. The van der Waals surface area contributed by atoms with Gasteiger partial charge < -0.3 is 10.1 Å². The molecule has 0 aliphatic carbocycles. The molecular weight excluding hydrogens is 382 g/mol. The lowest BCUT2D eigenvalue weighted by molar-refractivity contribution is -0.123. The summed E-state index contributed by atoms with van der Waals surface area (Å²) in [7, 11) is 0. The lowest BCUT2D eigenvalue weighted by Crippen LogP contribution is -2.30. The number of benzene rings is 2. The summed E-state index contributed by atoms with van der Waals surface area (Å²) in [6, 6.07) is 12.1. The van der Waals surface area contributed by atoms with E-state index < -0.39 is 18.0 Å². The second kappa shape index (κ2) is 7.62. The molecule has 2 rings (SSSR count). The minimum Gasteiger partial charge on any atom is -0.449 e. The molecule has 0 spiro atoms. The predicted octanol–water partition coefficient (Wildman–Crippen LogP) is 4.59. The van der Waals surface area contributed by atoms with Crippen LogP contribution in [0.25, 0.3) is 0 Å². The smallest absolute Gasteiger partial charge is 0.340 e. The molecule has 4 nitrogen and oxygen atoms in total. The third-order valence-electron chi connectivity index (χ3n) is 3.27. The Hall–Kier alpha value is -1.85. The average molecular weight is 397 g/mol. The molecule has 1 amide bonds. The molecular formula is C17H15BrClNO3. The van der Waals surface area contributed by atoms with Crippen molar-refractivity contribution in [3.8, 4) is 0 Å². The second-order valence-corrected chi connectivity index (χ2v) is 6.19. The van der Waals surface area contributed by atoms with E-state index in [1.807, 2.05) is 0 Å². The van der Waals surface area contributed by atoms with E-state index in [2.05, 4.69) is 21.2 Å². The van der Waals surface area contributed by atoms with Gasteiger partial charge in [-0.1, -0.05) is 29.8 Å². The van der Waals surface area contributed by atoms with Crippen LogP contribution in [0.5, 0.6) is 0 Å². The first-order chi connectivity index (χ1) is 10.9. The van der Waals surface area contributed by atoms with Crippen molar-refractivity contribution < 1.29 is 14.3 Å². The highest BCUT2D eigenvalue weighted by Crippen LogP contribution is 2.23. The topological polar surface area (TPSA) is 55.4 Å². The van der Waals surface area contributed by atoms with Gasteiger partial charge in [0.25, 0.3) is 5.91 Å². The zero-order valence-electron chi connectivity index (χ0n) is 12.6. The van der Waals surface area contributed by atoms with Crippen LogP contribution >= 0.6 is 27.5 Å². The molecule has 0 saturated heterocycles. The van der Waals surface area contributed by atoms with Gasteiger partial charge in [0, 0.05) is 15.2 Å². The Kier molecular flexibility index (Phi) is 5.80. The largest absolute Gasteiger partial charge is 0.449 e. The van der Waals surface area contributed by atoms with Gasteiger partial charge >= 0.3 is 5.97 Å². The first kappa shape index (κ1) is 17.5. The third-order valence-corrected chi connectivity index (χ3v) is 4.37. The Bertz CT molecular complexity index is 748. The zero-order chi connectivity index (χ0) is 17.0. The molecule has 23 heavy (non-hydrogen) atoms. The highest BCUT2D eigenvalue weighted by Gasteiger charge is 2.21. The average Bonchev–Trinajstić information content (AvgIpc) is 2.52. The fourth-order valence-corrected chi connectivity index (χ4v) is 2.50. The molecule has 0 saturated carbocycles. The van der Waals surface area contributed by atoms with Crippen LogP contribution in [0.3, 0.4) is 0 Å². The minimum atomic E-state index is -0.937. The van der Waals surface area contributed by atoms with Crippen LogP contribution in [0.4, 0.5) is 5.69 Å². The van der Waals surface area contributed by atoms with Crippen molar-refractivity contribution in [3.05, 3.63) is 63.1 Å². The number of carbonyl (C=O) groups excluding carboxylic acids is 2. The molecule has 0 heterocycles. The third kappa shape index (κ3) is 4.33. The van der Waals surface area contributed by atoms with Crippen molar-refractivity contribution in [2.75, 3.05) is 5.32 Å². The molecule has 1 N–H and O–H groups in total. The minimum absolute atomic E-state index is 0.367. The molecule has 6 heteroatoms. The fraction of sp³-hybridized carbons (Fsp3) is 0.176. The summed E-state index contributed by atoms with van der Waals surface area (Å²) in [4.78, 5) is 24.3. The second-order valence-electron chi connectivity index (χ2n) is 4.93. The Morgan fingerprint density at radius 1 is 1.17 bits per heavy atom. The van der Waals surface area contributed by atoms with Crippen molar-refractivity contribution in [3.63, 3.8) is 0 Å². The van der Waals surface area contributed by atoms with Gasteiger partial charge in [0.15, 0.2) is 6.10 Å². The van der Waals surface area contributed by atoms with E-state index in [9.17, 15) is 9.59 Å². The number of anilines is 1. The molecule has 120 valence electrons. The molecule has 2 aromatic rings. The number of hydrogen-bond acceptors (Lipinski definition) is 3. The van der Waals surface area contributed by atoms with Gasteiger partial charge in [-0.3, -0.25) is 4.79 Å². The number of rotatable bonds is 4. The zero-order valence-corrected chi connectivity index (χ0v) is 14.9. The Morgan fingerprint density at radius 3 is 2.57 bits per heavy atom. The molecule has 0 unspecified atom stereocenters. The highest BCUT2D eigenvalue weighted by atomic mass is 79.9. The van der Waals surface area contributed by atoms with E-state index in [0.29, 0.717) is 20.7 Å². The number of hydrogen-bond donors (Lipinski definition) is 1. The van der Waals surface area contributed by atoms with Crippen LogP contribution in [0.2, 0.25) is 5.02 Å². The van der Waals surface area contributed by atoms with Gasteiger partial charge in [0.2, 0.25) is 0 Å². The number of ether oxygens (including phenoxy) is 1. The molecule has 0 bridgehead atoms. The monoisotopic (exact) mass is 395 g/mol. The summed E-state index contributed by atoms with van der Waals surface area (Å²) in [5, 5.41) is 3.27. The number of halogens is 2. The van der Waals surface area contributed by atoms with Crippen molar-refractivity contribution in [2.45, 2.75) is 20.0 Å². The van der Waals surface area contributed by atoms with Crippen LogP contribution in [0, 0.1) is 6.92 Å². The molecule has 0 aliphatic heterocycles. The van der Waals surface area contributed by atoms with E-state index in [-0.39, 0.29) is 0 Å². The van der Waals surface area contributed by atoms with Crippen molar-refractivity contribution in [2.24, 2.45) is 0 Å². The van der Waals surface area contributed by atoms with Crippen LogP contribution in [0.1, 0.15) is 22.8 Å². The molecule has 0 aromatic heterocycles. The summed E-state index contributed by atoms with van der Waals surface area (Å²) in [5.74, 6) is -0.987.